The summed E-state index contributed by atoms with van der Waals surface area (Å²) in [5.74, 6) is -2.44. The lowest BCUT2D eigenvalue weighted by Gasteiger charge is -2.38. The van der Waals surface area contributed by atoms with E-state index >= 15 is 0 Å². The number of hydrogen-bond acceptors (Lipinski definition) is 6. The normalized spacial score (nSPS) is 18.5. The number of hydrogen-bond donors (Lipinski definition) is 3. The molecule has 1 aromatic rings. The number of rotatable bonds is 6. The molecule has 2 unspecified atom stereocenters. The summed E-state index contributed by atoms with van der Waals surface area (Å²) in [6.45, 7) is 2.63. The van der Waals surface area contributed by atoms with E-state index in [4.69, 9.17) is 14.9 Å². The van der Waals surface area contributed by atoms with Crippen molar-refractivity contribution >= 4 is 18.0 Å². The Morgan fingerprint density at radius 2 is 1.60 bits per heavy atom. The largest absolute Gasteiger partial charge is 0.478 e. The first-order valence-corrected chi connectivity index (χ1v) is 8.93. The van der Waals surface area contributed by atoms with Gasteiger partial charge in [0, 0.05) is 37.3 Å². The number of nitrogens with zero attached hydrogens (tertiary/aromatic N) is 1. The van der Waals surface area contributed by atoms with Crippen LogP contribution in [-0.2, 0) is 20.9 Å². The minimum absolute atomic E-state index is 0.0677. The van der Waals surface area contributed by atoms with Gasteiger partial charge in [-0.25, -0.2) is 14.4 Å². The van der Waals surface area contributed by atoms with Crippen LogP contribution in [0.5, 0.6) is 5.75 Å². The molecule has 1 aromatic carbocycles. The van der Waals surface area contributed by atoms with Gasteiger partial charge in [0.25, 0.3) is 0 Å². The van der Waals surface area contributed by atoms with Crippen molar-refractivity contribution in [1.29, 1.82) is 0 Å². The lowest BCUT2D eigenvalue weighted by Crippen LogP contribution is -2.57. The Morgan fingerprint density at radius 1 is 1.10 bits per heavy atom. The lowest BCUT2D eigenvalue weighted by atomic mass is 10.1. The van der Waals surface area contributed by atoms with Crippen LogP contribution in [-0.4, -0.2) is 64.9 Å². The number of piperazine rings is 1. The van der Waals surface area contributed by atoms with Crippen molar-refractivity contribution in [2.75, 3.05) is 13.1 Å². The van der Waals surface area contributed by atoms with E-state index < -0.39 is 18.6 Å². The second-order valence-corrected chi connectivity index (χ2v) is 6.35. The summed E-state index contributed by atoms with van der Waals surface area (Å²) in [7, 11) is 0. The number of carbonyl (C=O) groups excluding carboxylic acids is 1. The fraction of sp³-hybridized carbons (Fsp3) is 0.421. The number of carbonyl (C=O) groups is 3. The summed E-state index contributed by atoms with van der Waals surface area (Å²) in [5.41, 5.74) is 0.713. The Kier molecular flexibility index (Phi) is 10.2. The maximum atomic E-state index is 12.2. The Hall–Kier alpha value is -3.21. The molecule has 11 heteroatoms. The van der Waals surface area contributed by atoms with Gasteiger partial charge < -0.3 is 29.9 Å². The van der Waals surface area contributed by atoms with E-state index in [1.165, 1.54) is 12.1 Å². The Bertz CT molecular complexity index is 715. The molecule has 1 amide bonds. The highest BCUT2D eigenvalue weighted by Crippen LogP contribution is 2.17. The van der Waals surface area contributed by atoms with Gasteiger partial charge in [-0.3, -0.25) is 0 Å². The van der Waals surface area contributed by atoms with Gasteiger partial charge >= 0.3 is 24.6 Å². The maximum Gasteiger partial charge on any atom is 0.410 e. The van der Waals surface area contributed by atoms with Gasteiger partial charge in [-0.2, -0.15) is 8.78 Å². The number of ether oxygens (including phenoxy) is 2. The number of nitrogens with one attached hydrogen (secondary N) is 1. The number of halogens is 2. The van der Waals surface area contributed by atoms with E-state index in [0.717, 1.165) is 13.1 Å². The molecule has 0 aliphatic carbocycles. The van der Waals surface area contributed by atoms with Gasteiger partial charge in [0.1, 0.15) is 12.4 Å². The highest BCUT2D eigenvalue weighted by Gasteiger charge is 2.29. The van der Waals surface area contributed by atoms with E-state index in [1.54, 1.807) is 17.0 Å². The van der Waals surface area contributed by atoms with Crippen LogP contribution in [0.15, 0.2) is 36.4 Å². The van der Waals surface area contributed by atoms with Crippen molar-refractivity contribution < 1.29 is 42.9 Å². The maximum absolute atomic E-state index is 12.2. The first kappa shape index (κ1) is 24.8. The van der Waals surface area contributed by atoms with Crippen LogP contribution in [0.3, 0.4) is 0 Å². The number of alkyl halides is 2. The van der Waals surface area contributed by atoms with Gasteiger partial charge in [-0.15, -0.1) is 0 Å². The molecule has 2 rings (SSSR count). The highest BCUT2D eigenvalue weighted by atomic mass is 19.3. The SMILES string of the molecule is CC1CNCC(C)N1C(=O)OCc1ccc(OC(F)F)cc1.O=C(O)/C=C/C(=O)O. The molecule has 3 N–H and O–H groups in total. The monoisotopic (exact) mass is 430 g/mol. The lowest BCUT2D eigenvalue weighted by molar-refractivity contribution is -0.134. The predicted octanol–water partition coefficient (Wildman–Crippen LogP) is 2.32. The van der Waals surface area contributed by atoms with Crippen LogP contribution >= 0.6 is 0 Å². The second-order valence-electron chi connectivity index (χ2n) is 6.35. The summed E-state index contributed by atoms with van der Waals surface area (Å²) < 4.78 is 33.7. The topological polar surface area (TPSA) is 125 Å². The zero-order valence-electron chi connectivity index (χ0n) is 16.5. The van der Waals surface area contributed by atoms with Gasteiger partial charge in [0.15, 0.2) is 0 Å². The third-order valence-electron chi connectivity index (χ3n) is 3.92. The van der Waals surface area contributed by atoms with Crippen molar-refractivity contribution in [3.05, 3.63) is 42.0 Å². The highest BCUT2D eigenvalue weighted by molar-refractivity contribution is 5.89. The molecule has 1 fully saturated rings. The van der Waals surface area contributed by atoms with Crippen LogP contribution in [0.1, 0.15) is 19.4 Å². The van der Waals surface area contributed by atoms with Gasteiger partial charge in [-0.1, -0.05) is 12.1 Å². The molecule has 1 aliphatic heterocycles. The number of carboxylic acid groups (broad SMARTS) is 2. The van der Waals surface area contributed by atoms with Gasteiger partial charge in [-0.05, 0) is 31.5 Å². The number of benzene rings is 1. The summed E-state index contributed by atoms with van der Waals surface area (Å²) in [6.07, 6.45) is 0.749. The first-order valence-electron chi connectivity index (χ1n) is 8.93. The molecule has 0 aromatic heterocycles. The van der Waals surface area contributed by atoms with E-state index in [1.807, 2.05) is 13.8 Å². The quantitative estimate of drug-likeness (QED) is 0.587. The molecule has 166 valence electrons. The van der Waals surface area contributed by atoms with Crippen LogP contribution in [0.4, 0.5) is 13.6 Å². The average Bonchev–Trinajstić information content (AvgIpc) is 2.66. The smallest absolute Gasteiger partial charge is 0.410 e. The minimum Gasteiger partial charge on any atom is -0.478 e. The molecule has 0 spiro atoms. The molecule has 30 heavy (non-hydrogen) atoms. The van der Waals surface area contributed by atoms with Crippen LogP contribution < -0.4 is 10.1 Å². The zero-order chi connectivity index (χ0) is 22.7. The van der Waals surface area contributed by atoms with Gasteiger partial charge in [0.05, 0.1) is 0 Å². The second kappa shape index (κ2) is 12.4. The Balaban J connectivity index is 0.000000479. The third-order valence-corrected chi connectivity index (χ3v) is 3.92. The zero-order valence-corrected chi connectivity index (χ0v) is 16.5. The first-order chi connectivity index (χ1) is 14.1. The molecule has 0 bridgehead atoms. The third kappa shape index (κ3) is 9.32. The number of carboxylic acids is 2. The van der Waals surface area contributed by atoms with E-state index in [2.05, 4.69) is 10.1 Å². The fourth-order valence-corrected chi connectivity index (χ4v) is 2.62. The van der Waals surface area contributed by atoms with E-state index in [0.29, 0.717) is 17.7 Å². The molecule has 0 radical (unpaired) electrons. The number of amides is 1. The fourth-order valence-electron chi connectivity index (χ4n) is 2.62. The summed E-state index contributed by atoms with van der Waals surface area (Å²) in [5, 5.41) is 18.9. The van der Waals surface area contributed by atoms with Gasteiger partial charge in [0.2, 0.25) is 0 Å². The summed E-state index contributed by atoms with van der Waals surface area (Å²) in [6, 6.07) is 6.17. The summed E-state index contributed by atoms with van der Waals surface area (Å²) in [4.78, 5) is 33.0. The van der Waals surface area contributed by atoms with E-state index in [-0.39, 0.29) is 30.5 Å². The molecule has 1 heterocycles. The molecule has 2 atom stereocenters. The molecule has 9 nitrogen and oxygen atoms in total. The molecular weight excluding hydrogens is 406 g/mol. The minimum atomic E-state index is -2.85. The van der Waals surface area contributed by atoms with Crippen LogP contribution in [0.25, 0.3) is 0 Å². The molecule has 0 saturated carbocycles. The average molecular weight is 430 g/mol. The predicted molar refractivity (Wildman–Crippen MR) is 101 cm³/mol. The molecular formula is C19H24F2N2O7. The Labute approximate surface area is 171 Å². The summed E-state index contributed by atoms with van der Waals surface area (Å²) >= 11 is 0. The van der Waals surface area contributed by atoms with Crippen molar-refractivity contribution in [3.63, 3.8) is 0 Å². The van der Waals surface area contributed by atoms with Crippen molar-refractivity contribution in [2.45, 2.75) is 39.1 Å². The van der Waals surface area contributed by atoms with Crippen LogP contribution in [0.2, 0.25) is 0 Å². The van der Waals surface area contributed by atoms with E-state index in [9.17, 15) is 23.2 Å². The molecule has 1 aliphatic rings. The van der Waals surface area contributed by atoms with Crippen molar-refractivity contribution in [2.24, 2.45) is 0 Å². The van der Waals surface area contributed by atoms with Crippen molar-refractivity contribution in [1.82, 2.24) is 10.2 Å². The van der Waals surface area contributed by atoms with Crippen LogP contribution in [0, 0.1) is 0 Å². The Morgan fingerprint density at radius 3 is 2.03 bits per heavy atom. The molecule has 1 saturated heterocycles. The standard InChI is InChI=1S/C15H20F2N2O3.C4H4O4/c1-10-7-18-8-11(2)19(10)15(20)21-9-12-3-5-13(6-4-12)22-14(16)17;5-3(6)1-2-4(7)8/h3-6,10-11,14,18H,7-9H2,1-2H3;1-2H,(H,5,6)(H,7,8)/b;2-1+. The van der Waals surface area contributed by atoms with Crippen molar-refractivity contribution in [3.8, 4) is 5.75 Å². The number of aliphatic carboxylic acids is 2.